The Labute approximate surface area is 199 Å². The Morgan fingerprint density at radius 3 is 2.91 bits per heavy atom. The zero-order valence-electron chi connectivity index (χ0n) is 20.6. The SMILES string of the molecule is CC#CC[C@@H](C)[C@H](O)/C=C/[C@H]1[C@H](OC2CCCCO2)CC2C/C(=C\CCCC(=O)OC)C[C@@H]21. The van der Waals surface area contributed by atoms with Crippen LogP contribution in [0.3, 0.4) is 0 Å². The molecule has 0 radical (unpaired) electrons. The molecule has 1 heterocycles. The molecule has 1 aliphatic heterocycles. The van der Waals surface area contributed by atoms with Crippen molar-refractivity contribution in [2.24, 2.45) is 23.7 Å². The van der Waals surface area contributed by atoms with Crippen LogP contribution in [0, 0.1) is 35.5 Å². The van der Waals surface area contributed by atoms with E-state index in [1.54, 1.807) is 0 Å². The van der Waals surface area contributed by atoms with Gasteiger partial charge in [-0.3, -0.25) is 4.79 Å². The highest BCUT2D eigenvalue weighted by atomic mass is 16.7. The zero-order valence-corrected chi connectivity index (χ0v) is 20.6. The van der Waals surface area contributed by atoms with Crippen molar-refractivity contribution >= 4 is 5.97 Å². The molecule has 2 saturated carbocycles. The number of fused-ring (bicyclic) bond motifs is 1. The van der Waals surface area contributed by atoms with Crippen LogP contribution in [-0.2, 0) is 19.0 Å². The number of hydrogen-bond acceptors (Lipinski definition) is 5. The highest BCUT2D eigenvalue weighted by molar-refractivity contribution is 5.69. The topological polar surface area (TPSA) is 65.0 Å². The third-order valence-electron chi connectivity index (χ3n) is 7.51. The van der Waals surface area contributed by atoms with E-state index in [4.69, 9.17) is 14.2 Å². The monoisotopic (exact) mass is 458 g/mol. The van der Waals surface area contributed by atoms with Gasteiger partial charge in [-0.25, -0.2) is 0 Å². The summed E-state index contributed by atoms with van der Waals surface area (Å²) in [5.41, 5.74) is 1.51. The second-order valence-electron chi connectivity index (χ2n) is 9.93. The number of aliphatic hydroxyl groups excluding tert-OH is 1. The van der Waals surface area contributed by atoms with Gasteiger partial charge < -0.3 is 19.3 Å². The van der Waals surface area contributed by atoms with Crippen LogP contribution in [-0.4, -0.2) is 43.3 Å². The lowest BCUT2D eigenvalue weighted by Gasteiger charge is -2.29. The summed E-state index contributed by atoms with van der Waals surface area (Å²) in [6.45, 7) is 4.67. The van der Waals surface area contributed by atoms with E-state index in [-0.39, 0.29) is 24.3 Å². The molecule has 7 atom stereocenters. The van der Waals surface area contributed by atoms with E-state index >= 15 is 0 Å². The number of carbonyl (C=O) groups is 1. The lowest BCUT2D eigenvalue weighted by atomic mass is 9.89. The van der Waals surface area contributed by atoms with Crippen LogP contribution >= 0.6 is 0 Å². The average Bonchev–Trinajstić information content (AvgIpc) is 3.36. The van der Waals surface area contributed by atoms with E-state index in [0.717, 1.165) is 58.0 Å². The van der Waals surface area contributed by atoms with E-state index in [9.17, 15) is 9.90 Å². The van der Waals surface area contributed by atoms with Crippen molar-refractivity contribution in [3.8, 4) is 11.8 Å². The van der Waals surface area contributed by atoms with Crippen molar-refractivity contribution < 1.29 is 24.1 Å². The molecule has 3 fully saturated rings. The minimum atomic E-state index is -0.494. The van der Waals surface area contributed by atoms with Crippen LogP contribution in [0.4, 0.5) is 0 Å². The van der Waals surface area contributed by atoms with Crippen LogP contribution in [0.5, 0.6) is 0 Å². The molecule has 3 aliphatic rings. The summed E-state index contributed by atoms with van der Waals surface area (Å²) in [6, 6.07) is 0. The normalized spacial score (nSPS) is 32.4. The first kappa shape index (κ1) is 26.0. The average molecular weight is 459 g/mol. The molecule has 0 aromatic rings. The molecule has 2 aliphatic carbocycles. The number of methoxy groups -OCH3 is 1. The fraction of sp³-hybridized carbons (Fsp3) is 0.750. The van der Waals surface area contributed by atoms with Crippen molar-refractivity contribution in [1.82, 2.24) is 0 Å². The number of hydrogen-bond donors (Lipinski definition) is 1. The van der Waals surface area contributed by atoms with Gasteiger partial charge in [0.05, 0.1) is 19.3 Å². The van der Waals surface area contributed by atoms with Crippen molar-refractivity contribution in [3.63, 3.8) is 0 Å². The van der Waals surface area contributed by atoms with Gasteiger partial charge in [0.2, 0.25) is 0 Å². The first-order valence-corrected chi connectivity index (χ1v) is 12.8. The predicted octanol–water partition coefficient (Wildman–Crippen LogP) is 5.18. The van der Waals surface area contributed by atoms with Crippen molar-refractivity contribution in [2.45, 2.75) is 96.6 Å². The maximum absolute atomic E-state index is 11.3. The number of ether oxygens (including phenoxy) is 3. The summed E-state index contributed by atoms with van der Waals surface area (Å²) in [7, 11) is 1.44. The largest absolute Gasteiger partial charge is 0.469 e. The van der Waals surface area contributed by atoms with Gasteiger partial charge in [0.25, 0.3) is 0 Å². The Hall–Kier alpha value is -1.61. The molecule has 0 bridgehead atoms. The smallest absolute Gasteiger partial charge is 0.305 e. The molecule has 33 heavy (non-hydrogen) atoms. The van der Waals surface area contributed by atoms with Gasteiger partial charge in [0.1, 0.15) is 0 Å². The van der Waals surface area contributed by atoms with Gasteiger partial charge in [-0.1, -0.05) is 30.7 Å². The van der Waals surface area contributed by atoms with Crippen LogP contribution in [0.1, 0.15) is 78.1 Å². The maximum atomic E-state index is 11.3. The molecule has 0 aromatic heterocycles. The highest BCUT2D eigenvalue weighted by Crippen LogP contribution is 2.52. The van der Waals surface area contributed by atoms with Crippen LogP contribution < -0.4 is 0 Å². The molecule has 2 unspecified atom stereocenters. The fourth-order valence-corrected chi connectivity index (χ4v) is 5.54. The van der Waals surface area contributed by atoms with Gasteiger partial charge in [-0.05, 0) is 76.0 Å². The maximum Gasteiger partial charge on any atom is 0.305 e. The lowest BCUT2D eigenvalue weighted by molar-refractivity contribution is -0.193. The zero-order chi connectivity index (χ0) is 23.6. The molecule has 0 spiro atoms. The number of rotatable bonds is 10. The van der Waals surface area contributed by atoms with Crippen molar-refractivity contribution in [2.75, 3.05) is 13.7 Å². The Bertz CT molecular complexity index is 739. The predicted molar refractivity (Wildman–Crippen MR) is 129 cm³/mol. The second-order valence-corrected chi connectivity index (χ2v) is 9.93. The molecule has 3 rings (SSSR count). The van der Waals surface area contributed by atoms with E-state index < -0.39 is 6.10 Å². The molecule has 0 amide bonds. The number of unbranched alkanes of at least 4 members (excludes halogenated alkanes) is 1. The Morgan fingerprint density at radius 1 is 1.33 bits per heavy atom. The first-order chi connectivity index (χ1) is 16.0. The molecule has 0 aromatic carbocycles. The number of aliphatic hydroxyl groups is 1. The number of esters is 1. The summed E-state index contributed by atoms with van der Waals surface area (Å²) >= 11 is 0. The summed E-state index contributed by atoms with van der Waals surface area (Å²) in [4.78, 5) is 11.3. The summed E-state index contributed by atoms with van der Waals surface area (Å²) < 4.78 is 17.1. The summed E-state index contributed by atoms with van der Waals surface area (Å²) in [6.07, 6.45) is 15.5. The van der Waals surface area contributed by atoms with Gasteiger partial charge in [0, 0.05) is 25.4 Å². The van der Waals surface area contributed by atoms with Gasteiger partial charge in [-0.15, -0.1) is 11.8 Å². The van der Waals surface area contributed by atoms with Gasteiger partial charge in [0.15, 0.2) is 6.29 Å². The molecule has 5 heteroatoms. The minimum absolute atomic E-state index is 0.0875. The molecule has 1 N–H and O–H groups in total. The molecule has 5 nitrogen and oxygen atoms in total. The van der Waals surface area contributed by atoms with Crippen LogP contribution in [0.25, 0.3) is 0 Å². The van der Waals surface area contributed by atoms with E-state index in [2.05, 4.69) is 24.0 Å². The second kappa shape index (κ2) is 13.3. The van der Waals surface area contributed by atoms with Crippen LogP contribution in [0.2, 0.25) is 0 Å². The minimum Gasteiger partial charge on any atom is -0.469 e. The first-order valence-electron chi connectivity index (χ1n) is 12.8. The van der Waals surface area contributed by atoms with Gasteiger partial charge in [-0.2, -0.15) is 0 Å². The van der Waals surface area contributed by atoms with E-state index in [0.29, 0.717) is 30.6 Å². The Morgan fingerprint density at radius 2 is 2.18 bits per heavy atom. The van der Waals surface area contributed by atoms with Crippen LogP contribution in [0.15, 0.2) is 23.8 Å². The molecule has 184 valence electrons. The third kappa shape index (κ3) is 7.70. The number of carbonyl (C=O) groups excluding carboxylic acids is 1. The fourth-order valence-electron chi connectivity index (χ4n) is 5.54. The van der Waals surface area contributed by atoms with Crippen molar-refractivity contribution in [1.29, 1.82) is 0 Å². The molecule has 1 saturated heterocycles. The molecular weight excluding hydrogens is 416 g/mol. The lowest BCUT2D eigenvalue weighted by Crippen LogP contribution is -2.31. The summed E-state index contributed by atoms with van der Waals surface area (Å²) in [5.74, 6) is 7.42. The number of allylic oxidation sites excluding steroid dienone is 2. The van der Waals surface area contributed by atoms with E-state index in [1.165, 1.54) is 12.7 Å². The summed E-state index contributed by atoms with van der Waals surface area (Å²) in [5, 5.41) is 10.6. The Balaban J connectivity index is 1.62. The third-order valence-corrected chi connectivity index (χ3v) is 7.51. The molecular formula is C28H42O5. The Kier molecular flexibility index (Phi) is 10.5. The standard InChI is InChI=1S/C28H42O5/c1-4-5-10-20(2)25(29)15-14-23-24-18-21(11-6-7-12-27(30)31-3)17-22(24)19-26(23)33-28-13-8-9-16-32-28/h11,14-15,20,22-26,28-29H,6-10,12-13,16-19H2,1-3H3/b15-14+,21-11+/t20-,22?,23-,24+,25-,26-,28?/m1/s1. The highest BCUT2D eigenvalue weighted by Gasteiger charge is 2.47. The quantitative estimate of drug-likeness (QED) is 0.211. The van der Waals surface area contributed by atoms with Crippen molar-refractivity contribution in [3.05, 3.63) is 23.8 Å². The van der Waals surface area contributed by atoms with E-state index in [1.807, 2.05) is 19.9 Å². The van der Waals surface area contributed by atoms with Gasteiger partial charge >= 0.3 is 5.97 Å².